The van der Waals surface area contributed by atoms with Gasteiger partial charge in [0.05, 0.1) is 11.3 Å². The fourth-order valence-corrected chi connectivity index (χ4v) is 2.88. The molecule has 102 valence electrons. The minimum Gasteiger partial charge on any atom is -0.366 e. The van der Waals surface area contributed by atoms with Crippen LogP contribution in [-0.4, -0.2) is 12.6 Å². The molecule has 3 atom stereocenters. The lowest BCUT2D eigenvalue weighted by atomic mass is 9.85. The van der Waals surface area contributed by atoms with E-state index in [0.29, 0.717) is 18.4 Å². The normalized spacial score (nSPS) is 27.2. The van der Waals surface area contributed by atoms with Gasteiger partial charge in [-0.1, -0.05) is 13.8 Å². The highest BCUT2D eigenvalue weighted by atomic mass is 19.2. The quantitative estimate of drug-likeness (QED) is 0.773. The molecule has 3 unspecified atom stereocenters. The Kier molecular flexibility index (Phi) is 3.75. The van der Waals surface area contributed by atoms with Gasteiger partial charge in [0.2, 0.25) is 0 Å². The molecule has 1 aliphatic heterocycles. The molecular weight excluding hydrogens is 246 g/mol. The third-order valence-electron chi connectivity index (χ3n) is 4.09. The molecule has 2 rings (SSSR count). The Morgan fingerprint density at radius 1 is 1.21 bits per heavy atom. The molecule has 0 saturated carbocycles. The smallest absolute Gasteiger partial charge is 0.183 e. The first-order valence-corrected chi connectivity index (χ1v) is 6.60. The van der Waals surface area contributed by atoms with Crippen molar-refractivity contribution in [2.45, 2.75) is 33.2 Å². The highest BCUT2D eigenvalue weighted by Gasteiger charge is 2.31. The van der Waals surface area contributed by atoms with Gasteiger partial charge >= 0.3 is 0 Å². The van der Waals surface area contributed by atoms with Gasteiger partial charge in [-0.25, -0.2) is 8.78 Å². The molecule has 1 aliphatic rings. The van der Waals surface area contributed by atoms with Crippen molar-refractivity contribution in [3.63, 3.8) is 0 Å². The van der Waals surface area contributed by atoms with Crippen molar-refractivity contribution >= 4 is 5.69 Å². The fraction of sp³-hybridized carbons (Fsp3) is 0.533. The molecule has 1 heterocycles. The van der Waals surface area contributed by atoms with E-state index in [9.17, 15) is 8.78 Å². The van der Waals surface area contributed by atoms with E-state index < -0.39 is 11.6 Å². The number of benzene rings is 1. The van der Waals surface area contributed by atoms with Crippen molar-refractivity contribution in [3.8, 4) is 6.07 Å². The Bertz CT molecular complexity index is 522. The summed E-state index contributed by atoms with van der Waals surface area (Å²) in [6.45, 7) is 7.00. The van der Waals surface area contributed by atoms with Crippen molar-refractivity contribution in [1.82, 2.24) is 0 Å². The second-order valence-electron chi connectivity index (χ2n) is 5.58. The molecule has 0 aliphatic carbocycles. The molecule has 0 amide bonds. The number of nitrogens with zero attached hydrogens (tertiary/aromatic N) is 2. The Labute approximate surface area is 112 Å². The van der Waals surface area contributed by atoms with E-state index in [1.165, 1.54) is 12.1 Å². The lowest BCUT2D eigenvalue weighted by Crippen LogP contribution is -2.46. The molecule has 2 nitrogen and oxygen atoms in total. The van der Waals surface area contributed by atoms with Crippen LogP contribution in [0.3, 0.4) is 0 Å². The molecule has 4 heteroatoms. The number of nitriles is 1. The first kappa shape index (κ1) is 13.8. The van der Waals surface area contributed by atoms with Gasteiger partial charge in [-0.05, 0) is 37.3 Å². The minimum atomic E-state index is -1.04. The van der Waals surface area contributed by atoms with Crippen molar-refractivity contribution in [2.24, 2.45) is 11.8 Å². The first-order chi connectivity index (χ1) is 8.95. The number of hydrogen-bond donors (Lipinski definition) is 0. The molecule has 1 saturated heterocycles. The molecule has 0 bridgehead atoms. The zero-order chi connectivity index (χ0) is 14.2. The molecule has 0 spiro atoms. The molecule has 19 heavy (non-hydrogen) atoms. The van der Waals surface area contributed by atoms with Crippen LogP contribution in [0.1, 0.15) is 32.8 Å². The Morgan fingerprint density at radius 2 is 1.89 bits per heavy atom. The van der Waals surface area contributed by atoms with Gasteiger partial charge < -0.3 is 4.90 Å². The Balaban J connectivity index is 2.41. The van der Waals surface area contributed by atoms with Crippen molar-refractivity contribution in [1.29, 1.82) is 5.26 Å². The van der Waals surface area contributed by atoms with Crippen molar-refractivity contribution < 1.29 is 8.78 Å². The standard InChI is InChI=1S/C15H18F2N2/c1-9-6-10(2)11(3)19(8-9)13-5-4-12(7-18)14(16)15(13)17/h4-5,9-11H,6,8H2,1-3H3. The highest BCUT2D eigenvalue weighted by molar-refractivity contribution is 5.53. The summed E-state index contributed by atoms with van der Waals surface area (Å²) >= 11 is 0. The second kappa shape index (κ2) is 5.16. The van der Waals surface area contributed by atoms with Crippen LogP contribution < -0.4 is 4.90 Å². The van der Waals surface area contributed by atoms with Crippen LogP contribution in [0, 0.1) is 34.8 Å². The molecule has 1 aromatic rings. The third-order valence-corrected chi connectivity index (χ3v) is 4.09. The van der Waals surface area contributed by atoms with Gasteiger partial charge in [0, 0.05) is 12.6 Å². The monoisotopic (exact) mass is 264 g/mol. The van der Waals surface area contributed by atoms with Crippen LogP contribution in [0.4, 0.5) is 14.5 Å². The van der Waals surface area contributed by atoms with E-state index in [4.69, 9.17) is 5.26 Å². The summed E-state index contributed by atoms with van der Waals surface area (Å²) < 4.78 is 27.8. The third kappa shape index (κ3) is 2.42. The van der Waals surface area contributed by atoms with Crippen LogP contribution in [0.25, 0.3) is 0 Å². The number of anilines is 1. The SMILES string of the molecule is CC1CC(C)C(C)N(c2ccc(C#N)c(F)c2F)C1. The maximum atomic E-state index is 14.1. The molecule has 0 aromatic heterocycles. The average Bonchev–Trinajstić information content (AvgIpc) is 2.37. The summed E-state index contributed by atoms with van der Waals surface area (Å²) in [6.07, 6.45) is 1.10. The maximum absolute atomic E-state index is 14.1. The Morgan fingerprint density at radius 3 is 2.53 bits per heavy atom. The molecule has 0 radical (unpaired) electrons. The lowest BCUT2D eigenvalue weighted by Gasteiger charge is -2.42. The first-order valence-electron chi connectivity index (χ1n) is 6.60. The van der Waals surface area contributed by atoms with E-state index >= 15 is 0 Å². The van der Waals surface area contributed by atoms with Gasteiger partial charge in [-0.3, -0.25) is 0 Å². The molecule has 1 aromatic carbocycles. The molecule has 1 fully saturated rings. The number of piperidine rings is 1. The zero-order valence-electron chi connectivity index (χ0n) is 11.5. The van der Waals surface area contributed by atoms with Gasteiger partial charge in [0.25, 0.3) is 0 Å². The zero-order valence-corrected chi connectivity index (χ0v) is 11.5. The minimum absolute atomic E-state index is 0.165. The van der Waals surface area contributed by atoms with E-state index in [1.807, 2.05) is 11.8 Å². The van der Waals surface area contributed by atoms with E-state index in [1.54, 1.807) is 6.07 Å². The van der Waals surface area contributed by atoms with Gasteiger partial charge in [-0.2, -0.15) is 5.26 Å². The van der Waals surface area contributed by atoms with Crippen LogP contribution in [0.5, 0.6) is 0 Å². The van der Waals surface area contributed by atoms with Crippen LogP contribution in [0.2, 0.25) is 0 Å². The predicted octanol–water partition coefficient (Wildman–Crippen LogP) is 3.71. The summed E-state index contributed by atoms with van der Waals surface area (Å²) in [6, 6.07) is 4.69. The van der Waals surface area contributed by atoms with Crippen LogP contribution in [0.15, 0.2) is 12.1 Å². The topological polar surface area (TPSA) is 27.0 Å². The van der Waals surface area contributed by atoms with Crippen molar-refractivity contribution in [2.75, 3.05) is 11.4 Å². The van der Waals surface area contributed by atoms with E-state index in [-0.39, 0.29) is 17.3 Å². The molecular formula is C15H18F2N2. The average molecular weight is 264 g/mol. The van der Waals surface area contributed by atoms with Gasteiger partial charge in [0.1, 0.15) is 6.07 Å². The summed E-state index contributed by atoms with van der Waals surface area (Å²) in [4.78, 5) is 1.92. The van der Waals surface area contributed by atoms with Crippen LogP contribution >= 0.6 is 0 Å². The van der Waals surface area contributed by atoms with Crippen LogP contribution in [-0.2, 0) is 0 Å². The van der Waals surface area contributed by atoms with Gasteiger partial charge in [0.15, 0.2) is 11.6 Å². The van der Waals surface area contributed by atoms with E-state index in [2.05, 4.69) is 13.8 Å². The summed E-state index contributed by atoms with van der Waals surface area (Å²) in [7, 11) is 0. The predicted molar refractivity (Wildman–Crippen MR) is 70.8 cm³/mol. The number of rotatable bonds is 1. The fourth-order valence-electron chi connectivity index (χ4n) is 2.88. The lowest BCUT2D eigenvalue weighted by molar-refractivity contribution is 0.294. The van der Waals surface area contributed by atoms with E-state index in [0.717, 1.165) is 6.42 Å². The number of hydrogen-bond acceptors (Lipinski definition) is 2. The van der Waals surface area contributed by atoms with Crippen molar-refractivity contribution in [3.05, 3.63) is 29.3 Å². The largest absolute Gasteiger partial charge is 0.366 e. The highest BCUT2D eigenvalue weighted by Crippen LogP contribution is 2.33. The molecule has 0 N–H and O–H groups in total. The Hall–Kier alpha value is -1.63. The summed E-state index contributed by atoms with van der Waals surface area (Å²) in [5.74, 6) is -1.07. The summed E-state index contributed by atoms with van der Waals surface area (Å²) in [5.41, 5.74) is 0.0226. The van der Waals surface area contributed by atoms with Gasteiger partial charge in [-0.15, -0.1) is 0 Å². The summed E-state index contributed by atoms with van der Waals surface area (Å²) in [5, 5.41) is 8.71. The number of halogens is 2. The maximum Gasteiger partial charge on any atom is 0.183 e. The second-order valence-corrected chi connectivity index (χ2v) is 5.58.